The van der Waals surface area contributed by atoms with Crippen LogP contribution < -0.4 is 4.72 Å². The largest absolute Gasteiger partial charge is 0.241 e. The predicted octanol–water partition coefficient (Wildman–Crippen LogP) is 4.03. The molecule has 0 heterocycles. The SMILES string of the molecule is Cc1ccc(S(=O)(=O)NC(CCCCl)c2ccccc2)cc1. The second-order valence-corrected chi connectivity index (χ2v) is 7.32. The van der Waals surface area contributed by atoms with E-state index in [0.29, 0.717) is 12.3 Å². The average molecular weight is 338 g/mol. The molecule has 1 unspecified atom stereocenters. The Morgan fingerprint density at radius 2 is 1.68 bits per heavy atom. The molecule has 0 saturated heterocycles. The van der Waals surface area contributed by atoms with Crippen LogP contribution in [0.2, 0.25) is 0 Å². The molecule has 1 N–H and O–H groups in total. The van der Waals surface area contributed by atoms with E-state index in [1.54, 1.807) is 24.3 Å². The Labute approximate surface area is 137 Å². The van der Waals surface area contributed by atoms with Crippen molar-refractivity contribution in [2.24, 2.45) is 0 Å². The van der Waals surface area contributed by atoms with Gasteiger partial charge in [-0.15, -0.1) is 11.6 Å². The molecule has 0 amide bonds. The van der Waals surface area contributed by atoms with Crippen molar-refractivity contribution in [1.29, 1.82) is 0 Å². The highest BCUT2D eigenvalue weighted by Crippen LogP contribution is 2.22. The van der Waals surface area contributed by atoms with Crippen molar-refractivity contribution in [2.75, 3.05) is 5.88 Å². The number of nitrogens with one attached hydrogen (secondary N) is 1. The van der Waals surface area contributed by atoms with Gasteiger partial charge in [-0.3, -0.25) is 0 Å². The van der Waals surface area contributed by atoms with E-state index in [1.165, 1.54) is 0 Å². The van der Waals surface area contributed by atoms with E-state index in [2.05, 4.69) is 4.72 Å². The van der Waals surface area contributed by atoms with Gasteiger partial charge in [-0.2, -0.15) is 0 Å². The van der Waals surface area contributed by atoms with Crippen LogP contribution in [0.3, 0.4) is 0 Å². The second kappa shape index (κ2) is 7.77. The van der Waals surface area contributed by atoms with E-state index in [4.69, 9.17) is 11.6 Å². The lowest BCUT2D eigenvalue weighted by Crippen LogP contribution is -2.28. The summed E-state index contributed by atoms with van der Waals surface area (Å²) < 4.78 is 27.9. The maximum Gasteiger partial charge on any atom is 0.241 e. The quantitative estimate of drug-likeness (QED) is 0.775. The topological polar surface area (TPSA) is 46.2 Å². The van der Waals surface area contributed by atoms with Gasteiger partial charge < -0.3 is 0 Å². The maximum absolute atomic E-state index is 12.5. The average Bonchev–Trinajstić information content (AvgIpc) is 2.52. The van der Waals surface area contributed by atoms with Gasteiger partial charge in [-0.1, -0.05) is 48.0 Å². The molecule has 0 aliphatic carbocycles. The summed E-state index contributed by atoms with van der Waals surface area (Å²) in [6.07, 6.45) is 1.41. The Morgan fingerprint density at radius 1 is 1.05 bits per heavy atom. The van der Waals surface area contributed by atoms with Crippen LogP contribution in [0.25, 0.3) is 0 Å². The van der Waals surface area contributed by atoms with Crippen LogP contribution in [-0.2, 0) is 10.0 Å². The molecule has 3 nitrogen and oxygen atoms in total. The first-order valence-corrected chi connectivity index (χ1v) is 9.24. The van der Waals surface area contributed by atoms with E-state index >= 15 is 0 Å². The summed E-state index contributed by atoms with van der Waals surface area (Å²) >= 11 is 5.76. The zero-order valence-corrected chi connectivity index (χ0v) is 14.1. The number of halogens is 1. The molecule has 0 aromatic heterocycles. The molecule has 2 aromatic rings. The Kier molecular flexibility index (Phi) is 6.00. The fourth-order valence-corrected chi connectivity index (χ4v) is 3.65. The molecule has 0 spiro atoms. The lowest BCUT2D eigenvalue weighted by molar-refractivity contribution is 0.537. The van der Waals surface area contributed by atoms with Gasteiger partial charge in [-0.05, 0) is 37.5 Å². The number of hydrogen-bond acceptors (Lipinski definition) is 2. The van der Waals surface area contributed by atoms with E-state index in [-0.39, 0.29) is 10.9 Å². The Bertz CT molecular complexity index is 684. The third-order valence-corrected chi connectivity index (χ3v) is 5.21. The molecule has 2 rings (SSSR count). The van der Waals surface area contributed by atoms with Crippen molar-refractivity contribution in [2.45, 2.75) is 30.7 Å². The normalized spacial score (nSPS) is 13.0. The molecule has 0 bridgehead atoms. The highest BCUT2D eigenvalue weighted by atomic mass is 35.5. The van der Waals surface area contributed by atoms with Gasteiger partial charge in [0.1, 0.15) is 0 Å². The fraction of sp³-hybridized carbons (Fsp3) is 0.294. The van der Waals surface area contributed by atoms with Crippen LogP contribution in [-0.4, -0.2) is 14.3 Å². The third kappa shape index (κ3) is 4.57. The molecular formula is C17H20ClNO2S. The Hall–Kier alpha value is -1.36. The monoisotopic (exact) mass is 337 g/mol. The minimum atomic E-state index is -3.55. The smallest absolute Gasteiger partial charge is 0.207 e. The van der Waals surface area contributed by atoms with E-state index < -0.39 is 10.0 Å². The standard InChI is InChI=1S/C17H20ClNO2S/c1-14-9-11-16(12-10-14)22(20,21)19-17(8-5-13-18)15-6-3-2-4-7-15/h2-4,6-7,9-12,17,19H,5,8,13H2,1H3. The molecular weight excluding hydrogens is 318 g/mol. The first-order chi connectivity index (χ1) is 10.5. The summed E-state index contributed by atoms with van der Waals surface area (Å²) in [5, 5.41) is 0. The lowest BCUT2D eigenvalue weighted by atomic mass is 10.0. The molecule has 22 heavy (non-hydrogen) atoms. The van der Waals surface area contributed by atoms with Gasteiger partial charge >= 0.3 is 0 Å². The first kappa shape index (κ1) is 17.0. The van der Waals surface area contributed by atoms with Crippen molar-refractivity contribution >= 4 is 21.6 Å². The highest BCUT2D eigenvalue weighted by molar-refractivity contribution is 7.89. The minimum Gasteiger partial charge on any atom is -0.207 e. The molecule has 0 aliphatic heterocycles. The van der Waals surface area contributed by atoms with Gasteiger partial charge in [0.25, 0.3) is 0 Å². The number of alkyl halides is 1. The van der Waals surface area contributed by atoms with Gasteiger partial charge in [0.15, 0.2) is 0 Å². The number of benzene rings is 2. The Morgan fingerprint density at radius 3 is 2.27 bits per heavy atom. The highest BCUT2D eigenvalue weighted by Gasteiger charge is 2.20. The second-order valence-electron chi connectivity index (χ2n) is 5.23. The first-order valence-electron chi connectivity index (χ1n) is 7.23. The molecule has 118 valence electrons. The van der Waals surface area contributed by atoms with Gasteiger partial charge in [0, 0.05) is 11.9 Å². The van der Waals surface area contributed by atoms with E-state index in [9.17, 15) is 8.42 Å². The zero-order valence-electron chi connectivity index (χ0n) is 12.5. The summed E-state index contributed by atoms with van der Waals surface area (Å²) in [6.45, 7) is 1.93. The number of sulfonamides is 1. The summed E-state index contributed by atoms with van der Waals surface area (Å²) in [7, 11) is -3.55. The van der Waals surface area contributed by atoms with Crippen LogP contribution in [0.5, 0.6) is 0 Å². The van der Waals surface area contributed by atoms with Gasteiger partial charge in [0.05, 0.1) is 4.90 Å². The number of aryl methyl sites for hydroxylation is 1. The maximum atomic E-state index is 12.5. The molecule has 0 saturated carbocycles. The van der Waals surface area contributed by atoms with Crippen molar-refractivity contribution in [3.63, 3.8) is 0 Å². The summed E-state index contributed by atoms with van der Waals surface area (Å²) in [5.41, 5.74) is 1.98. The van der Waals surface area contributed by atoms with E-state index in [0.717, 1.165) is 17.5 Å². The molecule has 0 radical (unpaired) electrons. The lowest BCUT2D eigenvalue weighted by Gasteiger charge is -2.19. The predicted molar refractivity (Wildman–Crippen MR) is 90.6 cm³/mol. The van der Waals surface area contributed by atoms with Crippen molar-refractivity contribution in [3.05, 3.63) is 65.7 Å². The van der Waals surface area contributed by atoms with Crippen LogP contribution in [0, 0.1) is 6.92 Å². The molecule has 1 atom stereocenters. The summed E-state index contributed by atoms with van der Waals surface area (Å²) in [5.74, 6) is 0.510. The van der Waals surface area contributed by atoms with Crippen molar-refractivity contribution < 1.29 is 8.42 Å². The number of rotatable bonds is 7. The molecule has 0 aliphatic rings. The molecule has 2 aromatic carbocycles. The third-order valence-electron chi connectivity index (χ3n) is 3.46. The van der Waals surface area contributed by atoms with Crippen LogP contribution in [0.1, 0.15) is 30.0 Å². The van der Waals surface area contributed by atoms with Crippen LogP contribution in [0.15, 0.2) is 59.5 Å². The molecule has 5 heteroatoms. The fourth-order valence-electron chi connectivity index (χ4n) is 2.23. The Balaban J connectivity index is 2.24. The zero-order chi connectivity index (χ0) is 16.0. The van der Waals surface area contributed by atoms with E-state index in [1.807, 2.05) is 37.3 Å². The van der Waals surface area contributed by atoms with Gasteiger partial charge in [-0.25, -0.2) is 13.1 Å². The van der Waals surface area contributed by atoms with Crippen molar-refractivity contribution in [3.8, 4) is 0 Å². The number of hydrogen-bond donors (Lipinski definition) is 1. The summed E-state index contributed by atoms with van der Waals surface area (Å²) in [4.78, 5) is 0.282. The minimum absolute atomic E-state index is 0.272. The van der Waals surface area contributed by atoms with Gasteiger partial charge in [0.2, 0.25) is 10.0 Å². The summed E-state index contributed by atoms with van der Waals surface area (Å²) in [6, 6.07) is 16.2. The van der Waals surface area contributed by atoms with Crippen LogP contribution >= 0.6 is 11.6 Å². The van der Waals surface area contributed by atoms with Crippen LogP contribution in [0.4, 0.5) is 0 Å². The molecule has 0 fully saturated rings. The van der Waals surface area contributed by atoms with Crippen molar-refractivity contribution in [1.82, 2.24) is 4.72 Å².